The molecule has 0 aromatic carbocycles. The lowest BCUT2D eigenvalue weighted by Gasteiger charge is -2.18. The summed E-state index contributed by atoms with van der Waals surface area (Å²) >= 11 is 0. The zero-order valence-corrected chi connectivity index (χ0v) is 9.20. The summed E-state index contributed by atoms with van der Waals surface area (Å²) in [5.74, 6) is 0.332. The number of amidine groups is 1. The highest BCUT2D eigenvalue weighted by molar-refractivity contribution is 5.95. The number of likely N-dealkylation sites (N-methyl/N-ethyl adjacent to an activating group) is 1. The Hall–Kier alpha value is -1.89. The first-order chi connectivity index (χ1) is 7.54. The number of hydrogen-bond acceptors (Lipinski definition) is 6. The molecule has 88 valence electrons. The molecule has 1 aromatic heterocycles. The average molecular weight is 225 g/mol. The van der Waals surface area contributed by atoms with Gasteiger partial charge in [0.25, 0.3) is 0 Å². The molecule has 1 aromatic rings. The minimum atomic E-state index is -0.485. The molecule has 0 fully saturated rings. The van der Waals surface area contributed by atoms with Crippen LogP contribution in [0, 0.1) is 0 Å². The topological polar surface area (TPSA) is 108 Å². The lowest BCUT2D eigenvalue weighted by Crippen LogP contribution is -2.29. The molecule has 4 N–H and O–H groups in total. The number of anilines is 1. The summed E-state index contributed by atoms with van der Waals surface area (Å²) in [5.41, 5.74) is 5.74. The van der Waals surface area contributed by atoms with Crippen molar-refractivity contribution in [3.05, 3.63) is 18.0 Å². The maximum absolute atomic E-state index is 9.22. The predicted molar refractivity (Wildman–Crippen MR) is 59.5 cm³/mol. The Morgan fingerprint density at radius 1 is 1.69 bits per heavy atom. The molecule has 0 aliphatic carbocycles. The van der Waals surface area contributed by atoms with Gasteiger partial charge in [-0.3, -0.25) is 0 Å². The third-order valence-electron chi connectivity index (χ3n) is 1.89. The van der Waals surface area contributed by atoms with E-state index in [-0.39, 0.29) is 5.84 Å². The number of rotatable bonds is 4. The lowest BCUT2D eigenvalue weighted by molar-refractivity contribution is 0.201. The Balaban J connectivity index is 2.90. The largest absolute Gasteiger partial charge is 0.409 e. The number of aromatic nitrogens is 2. The van der Waals surface area contributed by atoms with Crippen LogP contribution in [0.25, 0.3) is 0 Å². The van der Waals surface area contributed by atoms with Gasteiger partial charge >= 0.3 is 0 Å². The van der Waals surface area contributed by atoms with Crippen LogP contribution in [0.2, 0.25) is 0 Å². The highest BCUT2D eigenvalue weighted by atomic mass is 16.4. The molecule has 0 spiro atoms. The second-order valence-corrected chi connectivity index (χ2v) is 3.46. The van der Waals surface area contributed by atoms with E-state index in [0.29, 0.717) is 18.2 Å². The normalized spacial score (nSPS) is 13.6. The first-order valence-corrected chi connectivity index (χ1v) is 4.74. The SMILES string of the molecule is CC(O)CN(C)c1nccc(/C(N)=N/O)n1. The van der Waals surface area contributed by atoms with Gasteiger partial charge in [0.15, 0.2) is 5.84 Å². The molecule has 7 heteroatoms. The van der Waals surface area contributed by atoms with Crippen LogP contribution >= 0.6 is 0 Å². The molecule has 0 radical (unpaired) electrons. The van der Waals surface area contributed by atoms with Gasteiger partial charge in [0.1, 0.15) is 5.69 Å². The molecule has 1 atom stereocenters. The van der Waals surface area contributed by atoms with Gasteiger partial charge in [-0.25, -0.2) is 9.97 Å². The Labute approximate surface area is 93.2 Å². The van der Waals surface area contributed by atoms with Gasteiger partial charge in [-0.2, -0.15) is 0 Å². The number of hydrogen-bond donors (Lipinski definition) is 3. The van der Waals surface area contributed by atoms with Crippen molar-refractivity contribution in [2.45, 2.75) is 13.0 Å². The Morgan fingerprint density at radius 2 is 2.38 bits per heavy atom. The zero-order valence-electron chi connectivity index (χ0n) is 9.20. The molecular formula is C9H15N5O2. The van der Waals surface area contributed by atoms with Gasteiger partial charge in [0, 0.05) is 19.8 Å². The van der Waals surface area contributed by atoms with Gasteiger partial charge in [0.05, 0.1) is 6.10 Å². The van der Waals surface area contributed by atoms with Crippen LogP contribution in [0.5, 0.6) is 0 Å². The fraction of sp³-hybridized carbons (Fsp3) is 0.444. The molecule has 0 amide bonds. The minimum Gasteiger partial charge on any atom is -0.409 e. The lowest BCUT2D eigenvalue weighted by atomic mass is 10.3. The van der Waals surface area contributed by atoms with Crippen molar-refractivity contribution in [2.75, 3.05) is 18.5 Å². The molecule has 1 rings (SSSR count). The fourth-order valence-electron chi connectivity index (χ4n) is 1.20. The maximum Gasteiger partial charge on any atom is 0.225 e. The van der Waals surface area contributed by atoms with Crippen molar-refractivity contribution in [2.24, 2.45) is 10.9 Å². The van der Waals surface area contributed by atoms with Gasteiger partial charge in [0.2, 0.25) is 5.95 Å². The third-order valence-corrected chi connectivity index (χ3v) is 1.89. The highest BCUT2D eigenvalue weighted by Gasteiger charge is 2.09. The molecule has 0 aliphatic rings. The Morgan fingerprint density at radius 3 is 2.94 bits per heavy atom. The summed E-state index contributed by atoms with van der Waals surface area (Å²) < 4.78 is 0. The van der Waals surface area contributed by atoms with E-state index in [1.807, 2.05) is 0 Å². The second-order valence-electron chi connectivity index (χ2n) is 3.46. The molecular weight excluding hydrogens is 210 g/mol. The number of aliphatic hydroxyl groups is 1. The molecule has 1 heterocycles. The van der Waals surface area contributed by atoms with Crippen LogP contribution in [0.15, 0.2) is 17.4 Å². The standard InChI is InChI=1S/C9H15N5O2/c1-6(15)5-14(2)9-11-4-3-7(12-9)8(10)13-16/h3-4,6,15-16H,5H2,1-2H3,(H2,10,13). The third kappa shape index (κ3) is 3.06. The molecule has 0 saturated carbocycles. The van der Waals surface area contributed by atoms with E-state index in [1.165, 1.54) is 12.3 Å². The van der Waals surface area contributed by atoms with Crippen molar-refractivity contribution in [3.8, 4) is 0 Å². The van der Waals surface area contributed by atoms with Crippen molar-refractivity contribution >= 4 is 11.8 Å². The Kier molecular flexibility index (Phi) is 4.01. The summed E-state index contributed by atoms with van der Waals surface area (Å²) in [7, 11) is 1.75. The van der Waals surface area contributed by atoms with Crippen LogP contribution in [0.4, 0.5) is 5.95 Å². The number of aliphatic hydroxyl groups excluding tert-OH is 1. The van der Waals surface area contributed by atoms with E-state index >= 15 is 0 Å². The smallest absolute Gasteiger partial charge is 0.225 e. The average Bonchev–Trinajstić information content (AvgIpc) is 2.27. The van der Waals surface area contributed by atoms with E-state index in [0.717, 1.165) is 0 Å². The van der Waals surface area contributed by atoms with Crippen LogP contribution in [-0.4, -0.2) is 45.8 Å². The number of oxime groups is 1. The second kappa shape index (κ2) is 5.26. The highest BCUT2D eigenvalue weighted by Crippen LogP contribution is 2.05. The number of nitrogens with two attached hydrogens (primary N) is 1. The van der Waals surface area contributed by atoms with Crippen LogP contribution in [0.3, 0.4) is 0 Å². The van der Waals surface area contributed by atoms with Gasteiger partial charge in [-0.15, -0.1) is 0 Å². The summed E-state index contributed by atoms with van der Waals surface area (Å²) in [5, 5.41) is 20.6. The summed E-state index contributed by atoms with van der Waals surface area (Å²) in [6.07, 6.45) is 1.02. The van der Waals surface area contributed by atoms with Crippen molar-refractivity contribution in [1.29, 1.82) is 0 Å². The van der Waals surface area contributed by atoms with E-state index < -0.39 is 6.10 Å². The van der Waals surface area contributed by atoms with Crippen LogP contribution in [-0.2, 0) is 0 Å². The van der Waals surface area contributed by atoms with Gasteiger partial charge in [-0.05, 0) is 13.0 Å². The molecule has 1 unspecified atom stereocenters. The molecule has 0 aliphatic heterocycles. The van der Waals surface area contributed by atoms with E-state index in [1.54, 1.807) is 18.9 Å². The zero-order chi connectivity index (χ0) is 12.1. The van der Waals surface area contributed by atoms with Gasteiger partial charge in [-0.1, -0.05) is 5.16 Å². The molecule has 16 heavy (non-hydrogen) atoms. The molecule has 0 bridgehead atoms. The fourth-order valence-corrected chi connectivity index (χ4v) is 1.20. The van der Waals surface area contributed by atoms with Crippen molar-refractivity contribution in [1.82, 2.24) is 9.97 Å². The summed E-state index contributed by atoms with van der Waals surface area (Å²) in [6, 6.07) is 1.54. The molecule has 7 nitrogen and oxygen atoms in total. The predicted octanol–water partition coefficient (Wildman–Crippen LogP) is -0.612. The Bertz CT molecular complexity index is 380. The summed E-state index contributed by atoms with van der Waals surface area (Å²) in [6.45, 7) is 2.07. The van der Waals surface area contributed by atoms with E-state index in [9.17, 15) is 5.11 Å². The quantitative estimate of drug-likeness (QED) is 0.273. The summed E-state index contributed by atoms with van der Waals surface area (Å²) in [4.78, 5) is 9.78. The first-order valence-electron chi connectivity index (χ1n) is 4.74. The minimum absolute atomic E-state index is 0.0749. The maximum atomic E-state index is 9.22. The monoisotopic (exact) mass is 225 g/mol. The van der Waals surface area contributed by atoms with Crippen molar-refractivity contribution < 1.29 is 10.3 Å². The van der Waals surface area contributed by atoms with Crippen LogP contribution in [0.1, 0.15) is 12.6 Å². The van der Waals surface area contributed by atoms with E-state index in [4.69, 9.17) is 10.9 Å². The number of nitrogens with zero attached hydrogens (tertiary/aromatic N) is 4. The first kappa shape index (κ1) is 12.2. The van der Waals surface area contributed by atoms with Crippen molar-refractivity contribution in [3.63, 3.8) is 0 Å². The van der Waals surface area contributed by atoms with E-state index in [2.05, 4.69) is 15.1 Å². The molecule has 0 saturated heterocycles. The van der Waals surface area contributed by atoms with Gasteiger partial charge < -0.3 is 20.9 Å². The van der Waals surface area contributed by atoms with Crippen LogP contribution < -0.4 is 10.6 Å².